The fraction of sp³-hybridized carbons (Fsp3) is 0.231. The molecule has 0 aliphatic rings. The van der Waals surface area contributed by atoms with Gasteiger partial charge in [-0.2, -0.15) is 5.10 Å². The monoisotopic (exact) mass is 343 g/mol. The van der Waals surface area contributed by atoms with Gasteiger partial charge in [-0.05, 0) is 30.3 Å². The summed E-state index contributed by atoms with van der Waals surface area (Å²) in [5.74, 6) is -1.75. The van der Waals surface area contributed by atoms with Crippen LogP contribution in [-0.4, -0.2) is 41.9 Å². The fourth-order valence-corrected chi connectivity index (χ4v) is 2.90. The number of nitrogens with zero attached hydrogens (tertiary/aromatic N) is 2. The molecule has 0 aliphatic carbocycles. The third kappa shape index (κ3) is 4.27. The first-order chi connectivity index (χ1) is 10.8. The minimum absolute atomic E-state index is 0.108. The number of hydrogen-bond donors (Lipinski definition) is 2. The summed E-state index contributed by atoms with van der Waals surface area (Å²) in [7, 11) is -2.49. The van der Waals surface area contributed by atoms with Gasteiger partial charge in [-0.15, -0.1) is 0 Å². The van der Waals surface area contributed by atoms with E-state index in [0.717, 1.165) is 16.8 Å². The second-order valence-electron chi connectivity index (χ2n) is 4.54. The van der Waals surface area contributed by atoms with E-state index in [0.29, 0.717) is 0 Å². The number of hydrogen-bond acceptors (Lipinski definition) is 5. The van der Waals surface area contributed by atoms with Crippen molar-refractivity contribution in [3.05, 3.63) is 42.3 Å². The molecule has 0 aliphatic heterocycles. The first-order valence-electron chi connectivity index (χ1n) is 6.42. The molecule has 10 heteroatoms. The molecule has 2 aromatic rings. The zero-order valence-corrected chi connectivity index (χ0v) is 12.8. The van der Waals surface area contributed by atoms with Crippen molar-refractivity contribution in [2.75, 3.05) is 6.54 Å². The molecule has 2 rings (SSSR count). The lowest BCUT2D eigenvalue weighted by Crippen LogP contribution is -2.40. The minimum Gasteiger partial charge on any atom is -0.478 e. The van der Waals surface area contributed by atoms with Gasteiger partial charge >= 0.3 is 5.97 Å². The largest absolute Gasteiger partial charge is 0.478 e. The van der Waals surface area contributed by atoms with Crippen molar-refractivity contribution in [3.8, 4) is 5.75 Å². The van der Waals surface area contributed by atoms with Gasteiger partial charge in [-0.1, -0.05) is 0 Å². The van der Waals surface area contributed by atoms with Crippen molar-refractivity contribution in [2.45, 2.75) is 11.1 Å². The van der Waals surface area contributed by atoms with Crippen LogP contribution in [0.3, 0.4) is 0 Å². The molecule has 124 valence electrons. The smallest absolute Gasteiger partial charge is 0.346 e. The topological polar surface area (TPSA) is 111 Å². The van der Waals surface area contributed by atoms with Gasteiger partial charge in [0.15, 0.2) is 5.03 Å². The van der Waals surface area contributed by atoms with Gasteiger partial charge in [0.05, 0.1) is 12.7 Å². The second-order valence-corrected chi connectivity index (χ2v) is 6.26. The maximum atomic E-state index is 12.8. The second kappa shape index (κ2) is 6.75. The Morgan fingerprint density at radius 3 is 2.57 bits per heavy atom. The van der Waals surface area contributed by atoms with Gasteiger partial charge in [0.1, 0.15) is 11.6 Å². The molecule has 8 nitrogen and oxygen atoms in total. The number of aryl methyl sites for hydroxylation is 1. The van der Waals surface area contributed by atoms with Crippen molar-refractivity contribution in [1.82, 2.24) is 14.5 Å². The number of sulfonamides is 1. The summed E-state index contributed by atoms with van der Waals surface area (Å²) in [6.45, 7) is -0.500. The van der Waals surface area contributed by atoms with Crippen molar-refractivity contribution < 1.29 is 27.4 Å². The maximum absolute atomic E-state index is 12.8. The highest BCUT2D eigenvalue weighted by atomic mass is 32.2. The molecule has 0 saturated heterocycles. The van der Waals surface area contributed by atoms with Crippen LogP contribution in [0.25, 0.3) is 0 Å². The zero-order valence-electron chi connectivity index (χ0n) is 12.0. The van der Waals surface area contributed by atoms with Crippen LogP contribution in [-0.2, 0) is 21.9 Å². The fourth-order valence-electron chi connectivity index (χ4n) is 1.74. The molecule has 2 N–H and O–H groups in total. The number of nitrogens with one attached hydrogen (secondary N) is 1. The molecule has 1 unspecified atom stereocenters. The number of aromatic nitrogens is 2. The third-order valence-corrected chi connectivity index (χ3v) is 4.38. The maximum Gasteiger partial charge on any atom is 0.346 e. The molecule has 1 aromatic carbocycles. The van der Waals surface area contributed by atoms with E-state index in [1.54, 1.807) is 0 Å². The van der Waals surface area contributed by atoms with Gasteiger partial charge in [0.2, 0.25) is 6.10 Å². The Morgan fingerprint density at radius 1 is 1.39 bits per heavy atom. The van der Waals surface area contributed by atoms with E-state index in [2.05, 4.69) is 9.82 Å². The van der Waals surface area contributed by atoms with Crippen molar-refractivity contribution in [2.24, 2.45) is 7.05 Å². The Morgan fingerprint density at radius 2 is 2.04 bits per heavy atom. The molecule has 1 atom stereocenters. The quantitative estimate of drug-likeness (QED) is 0.751. The summed E-state index contributed by atoms with van der Waals surface area (Å²) in [6.07, 6.45) is -0.165. The highest BCUT2D eigenvalue weighted by Crippen LogP contribution is 2.13. The standard InChI is InChI=1S/C13H14FN3O5S/c1-17-12(6-7-15-17)23(20,21)16-8-11(13(18)19)22-10-4-2-9(14)3-5-10/h2-7,11,16H,8H2,1H3,(H,18,19). The van der Waals surface area contributed by atoms with E-state index in [-0.39, 0.29) is 10.8 Å². The molecule has 0 amide bonds. The summed E-state index contributed by atoms with van der Waals surface area (Å²) in [5.41, 5.74) is 0. The Bertz CT molecular complexity index is 788. The van der Waals surface area contributed by atoms with Crippen LogP contribution in [0.2, 0.25) is 0 Å². The molecule has 0 radical (unpaired) electrons. The normalized spacial score (nSPS) is 12.8. The molecular formula is C13H14FN3O5S. The summed E-state index contributed by atoms with van der Waals surface area (Å²) in [5, 5.41) is 12.7. The summed E-state index contributed by atoms with van der Waals surface area (Å²) in [4.78, 5) is 11.2. The van der Waals surface area contributed by atoms with Crippen LogP contribution in [0.4, 0.5) is 4.39 Å². The average Bonchev–Trinajstić information content (AvgIpc) is 2.92. The predicted octanol–water partition coefficient (Wildman–Crippen LogP) is 0.370. The van der Waals surface area contributed by atoms with E-state index >= 15 is 0 Å². The summed E-state index contributed by atoms with van der Waals surface area (Å²) < 4.78 is 45.4. The Kier molecular flexibility index (Phi) is 4.96. The van der Waals surface area contributed by atoms with Gasteiger partial charge < -0.3 is 9.84 Å². The molecule has 1 heterocycles. The molecule has 23 heavy (non-hydrogen) atoms. The van der Waals surface area contributed by atoms with E-state index in [4.69, 9.17) is 9.84 Å². The van der Waals surface area contributed by atoms with E-state index in [1.807, 2.05) is 0 Å². The Labute approximate surface area is 131 Å². The Balaban J connectivity index is 2.07. The number of ether oxygens (including phenoxy) is 1. The number of halogens is 1. The van der Waals surface area contributed by atoms with Crippen LogP contribution < -0.4 is 9.46 Å². The lowest BCUT2D eigenvalue weighted by molar-refractivity contribution is -0.144. The van der Waals surface area contributed by atoms with Crippen LogP contribution in [0.5, 0.6) is 5.75 Å². The lowest BCUT2D eigenvalue weighted by atomic mass is 10.3. The van der Waals surface area contributed by atoms with Crippen LogP contribution in [0.15, 0.2) is 41.6 Å². The molecular weight excluding hydrogens is 329 g/mol. The lowest BCUT2D eigenvalue weighted by Gasteiger charge is -2.16. The molecule has 0 fully saturated rings. The molecule has 0 spiro atoms. The van der Waals surface area contributed by atoms with Crippen molar-refractivity contribution in [1.29, 1.82) is 0 Å². The number of rotatable bonds is 7. The van der Waals surface area contributed by atoms with E-state index in [9.17, 15) is 17.6 Å². The van der Waals surface area contributed by atoms with Gasteiger partial charge in [-0.3, -0.25) is 4.68 Å². The Hall–Kier alpha value is -2.46. The first kappa shape index (κ1) is 16.9. The predicted molar refractivity (Wildman–Crippen MR) is 76.8 cm³/mol. The van der Waals surface area contributed by atoms with Crippen LogP contribution in [0.1, 0.15) is 0 Å². The van der Waals surface area contributed by atoms with Crippen molar-refractivity contribution >= 4 is 16.0 Å². The molecule has 1 aromatic heterocycles. The third-order valence-electron chi connectivity index (χ3n) is 2.88. The zero-order chi connectivity index (χ0) is 17.0. The highest BCUT2D eigenvalue weighted by Gasteiger charge is 2.25. The van der Waals surface area contributed by atoms with Gasteiger partial charge in [0.25, 0.3) is 10.0 Å². The van der Waals surface area contributed by atoms with E-state index in [1.165, 1.54) is 31.4 Å². The van der Waals surface area contributed by atoms with E-state index < -0.39 is 34.5 Å². The number of carbonyl (C=O) groups is 1. The minimum atomic E-state index is -3.93. The first-order valence-corrected chi connectivity index (χ1v) is 7.90. The van der Waals surface area contributed by atoms with Crippen LogP contribution >= 0.6 is 0 Å². The van der Waals surface area contributed by atoms with Gasteiger partial charge in [0, 0.05) is 7.05 Å². The van der Waals surface area contributed by atoms with Crippen LogP contribution in [0, 0.1) is 5.82 Å². The average molecular weight is 343 g/mol. The summed E-state index contributed by atoms with van der Waals surface area (Å²) >= 11 is 0. The van der Waals surface area contributed by atoms with Gasteiger partial charge in [-0.25, -0.2) is 22.3 Å². The molecule has 0 saturated carbocycles. The summed E-state index contributed by atoms with van der Waals surface area (Å²) in [6, 6.07) is 5.99. The molecule has 0 bridgehead atoms. The number of benzene rings is 1. The highest BCUT2D eigenvalue weighted by molar-refractivity contribution is 7.89. The van der Waals surface area contributed by atoms with Crippen molar-refractivity contribution in [3.63, 3.8) is 0 Å². The SMILES string of the molecule is Cn1nccc1S(=O)(=O)NCC(Oc1ccc(F)cc1)C(=O)O. The number of aliphatic carboxylic acids is 1. The number of carboxylic acids is 1. The number of carboxylic acid groups (broad SMARTS) is 1.